The Balaban J connectivity index is 1.68. The van der Waals surface area contributed by atoms with Crippen LogP contribution in [-0.4, -0.2) is 94.9 Å². The van der Waals surface area contributed by atoms with Crippen LogP contribution in [-0.2, 0) is 20.8 Å². The zero-order chi connectivity index (χ0) is 25.0. The highest BCUT2D eigenvalue weighted by Crippen LogP contribution is 2.30. The third-order valence-corrected chi connectivity index (χ3v) is 5.68. The van der Waals surface area contributed by atoms with Crippen LogP contribution < -0.4 is 21.0 Å². The Bertz CT molecular complexity index is 1010. The third kappa shape index (κ3) is 5.12. The molecule has 0 aliphatic carbocycles. The molecule has 1 aromatic rings. The number of urea groups is 1. The van der Waals surface area contributed by atoms with Crippen LogP contribution in [0.2, 0.25) is 0 Å². The molecule has 34 heavy (non-hydrogen) atoms. The molecule has 1 aromatic carbocycles. The lowest BCUT2D eigenvalue weighted by Crippen LogP contribution is -2.62. The van der Waals surface area contributed by atoms with Crippen molar-refractivity contribution in [3.63, 3.8) is 0 Å². The fraction of sp³-hybridized carbons (Fsp3) is 0.450. The highest BCUT2D eigenvalue weighted by atomic mass is 16.5. The van der Waals surface area contributed by atoms with Crippen molar-refractivity contribution < 1.29 is 38.8 Å². The average Bonchev–Trinajstić information content (AvgIpc) is 2.80. The molecule has 2 aliphatic heterocycles. The number of carboxylic acids is 1. The standard InChI is InChI=1S/C20H26BN5O8/c1-2-25-8-9-26(18(29)17(25)28)20(32)23-13(6-7-22)16(27)24-14-10-11-4-3-5-12(19(30)31)15(11)34-21(14)33/h3-5,13-14,33H,2,6-10,22H2,1H3,(H,23,32)(H,24,27)(H,30,31). The minimum atomic E-state index is -1.53. The van der Waals surface area contributed by atoms with E-state index >= 15 is 0 Å². The molecule has 6 N–H and O–H groups in total. The van der Waals surface area contributed by atoms with Gasteiger partial charge in [0.1, 0.15) is 11.8 Å². The number of hydrogen-bond donors (Lipinski definition) is 5. The van der Waals surface area contributed by atoms with Gasteiger partial charge in [-0.1, -0.05) is 12.1 Å². The smallest absolute Gasteiger partial charge is 0.534 e. The molecule has 3 rings (SSSR count). The van der Waals surface area contributed by atoms with Gasteiger partial charge in [-0.2, -0.15) is 0 Å². The van der Waals surface area contributed by atoms with Gasteiger partial charge in [-0.15, -0.1) is 0 Å². The van der Waals surface area contributed by atoms with E-state index in [2.05, 4.69) is 10.6 Å². The molecule has 14 heteroatoms. The molecule has 1 saturated heterocycles. The number of likely N-dealkylation sites (N-methyl/N-ethyl adjacent to an activating group) is 1. The Morgan fingerprint density at radius 2 is 2.00 bits per heavy atom. The van der Waals surface area contributed by atoms with Gasteiger partial charge in [0, 0.05) is 19.6 Å². The minimum Gasteiger partial charge on any atom is -0.534 e. The molecule has 13 nitrogen and oxygen atoms in total. The number of carbonyl (C=O) groups excluding carboxylic acids is 4. The number of amides is 5. The number of hydrogen-bond acceptors (Lipinski definition) is 8. The Hall–Kier alpha value is -3.65. The number of fused-ring (bicyclic) bond motifs is 1. The van der Waals surface area contributed by atoms with E-state index in [1.54, 1.807) is 13.0 Å². The number of benzene rings is 1. The van der Waals surface area contributed by atoms with E-state index in [0.29, 0.717) is 12.1 Å². The summed E-state index contributed by atoms with van der Waals surface area (Å²) in [6, 6.07) is 2.43. The lowest BCUT2D eigenvalue weighted by atomic mass is 9.72. The molecule has 1 fully saturated rings. The number of carboxylic acid groups (broad SMARTS) is 1. The molecular formula is C20H26BN5O8. The van der Waals surface area contributed by atoms with E-state index < -0.39 is 48.8 Å². The number of aromatic carboxylic acids is 1. The van der Waals surface area contributed by atoms with Gasteiger partial charge in [0.2, 0.25) is 5.91 Å². The van der Waals surface area contributed by atoms with Crippen molar-refractivity contribution in [2.24, 2.45) is 5.73 Å². The van der Waals surface area contributed by atoms with E-state index in [0.717, 1.165) is 4.90 Å². The second-order valence-electron chi connectivity index (χ2n) is 7.85. The van der Waals surface area contributed by atoms with E-state index in [4.69, 9.17) is 10.4 Å². The topological polar surface area (TPSA) is 192 Å². The molecule has 2 heterocycles. The number of nitrogens with one attached hydrogen (secondary N) is 2. The fourth-order valence-corrected chi connectivity index (χ4v) is 3.83. The van der Waals surface area contributed by atoms with E-state index in [9.17, 15) is 34.1 Å². The lowest BCUT2D eigenvalue weighted by Gasteiger charge is -2.33. The maximum absolute atomic E-state index is 12.9. The molecule has 5 amide bonds. The number of carbonyl (C=O) groups is 5. The van der Waals surface area contributed by atoms with Gasteiger partial charge in [0.25, 0.3) is 0 Å². The van der Waals surface area contributed by atoms with E-state index in [-0.39, 0.29) is 43.8 Å². The van der Waals surface area contributed by atoms with Crippen molar-refractivity contribution in [2.75, 3.05) is 26.2 Å². The number of nitrogens with zero attached hydrogens (tertiary/aromatic N) is 2. The first kappa shape index (κ1) is 25.0. The van der Waals surface area contributed by atoms with Gasteiger partial charge < -0.3 is 36.1 Å². The molecule has 0 saturated carbocycles. The lowest BCUT2D eigenvalue weighted by molar-refractivity contribution is -0.153. The first-order valence-electron chi connectivity index (χ1n) is 10.8. The molecule has 0 spiro atoms. The summed E-state index contributed by atoms with van der Waals surface area (Å²) in [7, 11) is -1.53. The largest absolute Gasteiger partial charge is 0.547 e. The predicted octanol–water partition coefficient (Wildman–Crippen LogP) is -2.06. The van der Waals surface area contributed by atoms with Gasteiger partial charge >= 0.3 is 30.9 Å². The number of rotatable bonds is 7. The zero-order valence-electron chi connectivity index (χ0n) is 18.5. The number of para-hydroxylation sites is 1. The third-order valence-electron chi connectivity index (χ3n) is 5.68. The number of nitrogens with two attached hydrogens (primary N) is 1. The van der Waals surface area contributed by atoms with Crippen LogP contribution in [0, 0.1) is 0 Å². The second kappa shape index (κ2) is 10.5. The molecule has 2 unspecified atom stereocenters. The molecular weight excluding hydrogens is 449 g/mol. The second-order valence-corrected chi connectivity index (χ2v) is 7.85. The van der Waals surface area contributed by atoms with Crippen molar-refractivity contribution >= 4 is 36.8 Å². The van der Waals surface area contributed by atoms with Gasteiger partial charge in [-0.3, -0.25) is 19.3 Å². The first-order chi connectivity index (χ1) is 16.2. The van der Waals surface area contributed by atoms with Crippen LogP contribution in [0.5, 0.6) is 5.75 Å². The zero-order valence-corrected chi connectivity index (χ0v) is 18.5. The monoisotopic (exact) mass is 475 g/mol. The fourth-order valence-electron chi connectivity index (χ4n) is 3.83. The van der Waals surface area contributed by atoms with Crippen LogP contribution in [0.25, 0.3) is 0 Å². The summed E-state index contributed by atoms with van der Waals surface area (Å²) >= 11 is 0. The maximum atomic E-state index is 12.9. The maximum Gasteiger partial charge on any atom is 0.547 e. The Morgan fingerprint density at radius 1 is 1.26 bits per heavy atom. The van der Waals surface area contributed by atoms with Crippen LogP contribution in [0.4, 0.5) is 4.79 Å². The van der Waals surface area contributed by atoms with Crippen LogP contribution in [0.3, 0.4) is 0 Å². The van der Waals surface area contributed by atoms with Gasteiger partial charge in [-0.05, 0) is 37.9 Å². The summed E-state index contributed by atoms with van der Waals surface area (Å²) in [6.45, 7) is 2.25. The van der Waals surface area contributed by atoms with Crippen molar-refractivity contribution in [3.05, 3.63) is 29.3 Å². The van der Waals surface area contributed by atoms with Crippen molar-refractivity contribution in [2.45, 2.75) is 31.7 Å². The SMILES string of the molecule is CCN1CCN(C(=O)NC(CCN)C(=O)NC2Cc3cccc(C(=O)O)c3OB2O)C(=O)C1=O. The Morgan fingerprint density at radius 3 is 2.65 bits per heavy atom. The number of piperazine rings is 1. The van der Waals surface area contributed by atoms with Crippen molar-refractivity contribution in [3.8, 4) is 5.75 Å². The van der Waals surface area contributed by atoms with Crippen molar-refractivity contribution in [1.29, 1.82) is 0 Å². The van der Waals surface area contributed by atoms with Gasteiger partial charge in [-0.25, -0.2) is 9.59 Å². The summed E-state index contributed by atoms with van der Waals surface area (Å²) in [4.78, 5) is 63.3. The first-order valence-corrected chi connectivity index (χ1v) is 10.8. The van der Waals surface area contributed by atoms with E-state index in [1.165, 1.54) is 17.0 Å². The highest BCUT2D eigenvalue weighted by molar-refractivity contribution is 6.47. The van der Waals surface area contributed by atoms with Gasteiger partial charge in [0.05, 0.1) is 11.5 Å². The highest BCUT2D eigenvalue weighted by Gasteiger charge is 2.40. The molecule has 2 atom stereocenters. The molecule has 0 radical (unpaired) electrons. The number of imide groups is 1. The summed E-state index contributed by atoms with van der Waals surface area (Å²) < 4.78 is 5.35. The molecule has 182 valence electrons. The average molecular weight is 475 g/mol. The molecule has 0 bridgehead atoms. The van der Waals surface area contributed by atoms with Crippen molar-refractivity contribution in [1.82, 2.24) is 20.4 Å². The normalized spacial score (nSPS) is 18.7. The molecule has 0 aromatic heterocycles. The minimum absolute atomic E-state index is 0.0148. The predicted molar refractivity (Wildman–Crippen MR) is 118 cm³/mol. The Kier molecular flexibility index (Phi) is 7.73. The quantitative estimate of drug-likeness (QED) is 0.218. The Labute approximate surface area is 195 Å². The summed E-state index contributed by atoms with van der Waals surface area (Å²) in [6.07, 6.45) is 0.108. The van der Waals surface area contributed by atoms with Crippen LogP contribution in [0.1, 0.15) is 29.3 Å². The van der Waals surface area contributed by atoms with Crippen LogP contribution >= 0.6 is 0 Å². The summed E-state index contributed by atoms with van der Waals surface area (Å²) in [5, 5.41) is 24.6. The molecule has 2 aliphatic rings. The van der Waals surface area contributed by atoms with Crippen LogP contribution in [0.15, 0.2) is 18.2 Å². The van der Waals surface area contributed by atoms with Gasteiger partial charge in [0.15, 0.2) is 0 Å². The van der Waals surface area contributed by atoms with E-state index in [1.807, 2.05) is 0 Å². The summed E-state index contributed by atoms with van der Waals surface area (Å²) in [5.74, 6) is -4.60. The summed E-state index contributed by atoms with van der Waals surface area (Å²) in [5.41, 5.74) is 5.94.